The van der Waals surface area contributed by atoms with Crippen molar-refractivity contribution in [2.24, 2.45) is 5.73 Å². The van der Waals surface area contributed by atoms with E-state index < -0.39 is 17.5 Å². The largest absolute Gasteiger partial charge is 0.468 e. The van der Waals surface area contributed by atoms with E-state index >= 15 is 0 Å². The van der Waals surface area contributed by atoms with Gasteiger partial charge < -0.3 is 15.6 Å². The van der Waals surface area contributed by atoms with Crippen molar-refractivity contribution in [3.63, 3.8) is 0 Å². The fraction of sp³-hybridized carbons (Fsp3) is 0.500. The average Bonchev–Trinajstić information content (AvgIpc) is 2.35. The minimum atomic E-state index is -0.976. The van der Waals surface area contributed by atoms with Crippen molar-refractivity contribution in [2.75, 3.05) is 13.7 Å². The van der Waals surface area contributed by atoms with Crippen molar-refractivity contribution >= 4 is 5.97 Å². The van der Waals surface area contributed by atoms with Crippen LogP contribution in [0.5, 0.6) is 0 Å². The maximum Gasteiger partial charge on any atom is 0.317 e. The molecule has 2 unspecified atom stereocenters. The molecule has 100 valence electrons. The number of benzene rings is 1. The van der Waals surface area contributed by atoms with Gasteiger partial charge in [0.2, 0.25) is 0 Å². The molecule has 3 N–H and O–H groups in total. The molecule has 0 bridgehead atoms. The van der Waals surface area contributed by atoms with Crippen LogP contribution in [-0.2, 0) is 14.9 Å². The summed E-state index contributed by atoms with van der Waals surface area (Å²) in [6.07, 6.45) is -0.381. The van der Waals surface area contributed by atoms with E-state index in [0.717, 1.165) is 11.1 Å². The molecule has 0 heterocycles. The molecule has 2 atom stereocenters. The van der Waals surface area contributed by atoms with Gasteiger partial charge in [-0.25, -0.2) is 0 Å². The van der Waals surface area contributed by atoms with Crippen LogP contribution in [0.3, 0.4) is 0 Å². The van der Waals surface area contributed by atoms with Crippen LogP contribution >= 0.6 is 0 Å². The molecule has 4 heteroatoms. The Morgan fingerprint density at radius 3 is 2.39 bits per heavy atom. The lowest BCUT2D eigenvalue weighted by Crippen LogP contribution is -2.46. The van der Waals surface area contributed by atoms with Gasteiger partial charge >= 0.3 is 5.97 Å². The summed E-state index contributed by atoms with van der Waals surface area (Å²) in [5.41, 5.74) is 6.70. The second-order valence-electron chi connectivity index (χ2n) is 4.70. The molecule has 0 aliphatic carbocycles. The molecule has 0 saturated heterocycles. The molecule has 4 nitrogen and oxygen atoms in total. The number of aryl methyl sites for hydroxylation is 1. The SMILES string of the molecule is COC(=O)C(CN)(CC(C)O)c1ccc(C)cc1. The highest BCUT2D eigenvalue weighted by Gasteiger charge is 2.41. The highest BCUT2D eigenvalue weighted by molar-refractivity contribution is 5.83. The number of rotatable bonds is 5. The molecular formula is C14H21NO3. The van der Waals surface area contributed by atoms with Crippen LogP contribution in [0.15, 0.2) is 24.3 Å². The molecule has 0 amide bonds. The molecule has 0 saturated carbocycles. The minimum absolute atomic E-state index is 0.105. The summed E-state index contributed by atoms with van der Waals surface area (Å²) >= 11 is 0. The van der Waals surface area contributed by atoms with Gasteiger partial charge in [0.1, 0.15) is 5.41 Å². The number of hydrogen-bond acceptors (Lipinski definition) is 4. The number of aliphatic hydroxyl groups is 1. The Morgan fingerprint density at radius 2 is 2.00 bits per heavy atom. The third kappa shape index (κ3) is 2.89. The summed E-state index contributed by atoms with van der Waals surface area (Å²) in [4.78, 5) is 12.1. The number of ether oxygens (including phenoxy) is 1. The van der Waals surface area contributed by atoms with Crippen molar-refractivity contribution in [3.8, 4) is 0 Å². The van der Waals surface area contributed by atoms with Crippen molar-refractivity contribution in [1.29, 1.82) is 0 Å². The minimum Gasteiger partial charge on any atom is -0.468 e. The smallest absolute Gasteiger partial charge is 0.317 e. The summed E-state index contributed by atoms with van der Waals surface area (Å²) in [5, 5.41) is 9.62. The molecule has 0 radical (unpaired) electrons. The first kappa shape index (κ1) is 14.7. The van der Waals surface area contributed by atoms with E-state index in [1.54, 1.807) is 6.92 Å². The highest BCUT2D eigenvalue weighted by Crippen LogP contribution is 2.30. The Kier molecular flexibility index (Phi) is 4.87. The molecular weight excluding hydrogens is 230 g/mol. The zero-order chi connectivity index (χ0) is 13.8. The van der Waals surface area contributed by atoms with Gasteiger partial charge in [-0.05, 0) is 25.8 Å². The second kappa shape index (κ2) is 5.98. The maximum absolute atomic E-state index is 12.1. The van der Waals surface area contributed by atoms with Gasteiger partial charge in [-0.15, -0.1) is 0 Å². The zero-order valence-corrected chi connectivity index (χ0v) is 11.1. The normalized spacial score (nSPS) is 15.8. The molecule has 0 aromatic heterocycles. The number of carbonyl (C=O) groups excluding carboxylic acids is 1. The first-order valence-corrected chi connectivity index (χ1v) is 6.00. The lowest BCUT2D eigenvalue weighted by molar-refractivity contribution is -0.148. The molecule has 0 fully saturated rings. The number of esters is 1. The van der Waals surface area contributed by atoms with E-state index in [4.69, 9.17) is 10.5 Å². The van der Waals surface area contributed by atoms with E-state index in [1.807, 2.05) is 31.2 Å². The number of methoxy groups -OCH3 is 1. The summed E-state index contributed by atoms with van der Waals surface area (Å²) in [7, 11) is 1.34. The van der Waals surface area contributed by atoms with E-state index in [0.29, 0.717) is 0 Å². The van der Waals surface area contributed by atoms with Gasteiger partial charge in [0.25, 0.3) is 0 Å². The maximum atomic E-state index is 12.1. The molecule has 1 rings (SSSR count). The van der Waals surface area contributed by atoms with E-state index in [-0.39, 0.29) is 13.0 Å². The number of nitrogens with two attached hydrogens (primary N) is 1. The van der Waals surface area contributed by atoms with Gasteiger partial charge in [0.05, 0.1) is 13.2 Å². The fourth-order valence-electron chi connectivity index (χ4n) is 2.18. The Bertz CT molecular complexity index is 400. The van der Waals surface area contributed by atoms with Crippen LogP contribution in [0.4, 0.5) is 0 Å². The number of carbonyl (C=O) groups is 1. The molecule has 0 aliphatic heterocycles. The molecule has 0 aliphatic rings. The third-order valence-corrected chi connectivity index (χ3v) is 3.17. The summed E-state index contributed by atoms with van der Waals surface area (Å²) in [6, 6.07) is 7.57. The monoisotopic (exact) mass is 251 g/mol. The summed E-state index contributed by atoms with van der Waals surface area (Å²) in [6.45, 7) is 3.72. The quantitative estimate of drug-likeness (QED) is 0.770. The zero-order valence-electron chi connectivity index (χ0n) is 11.1. The predicted molar refractivity (Wildman–Crippen MR) is 70.2 cm³/mol. The predicted octanol–water partition coefficient (Wildman–Crippen LogP) is 1.14. The van der Waals surface area contributed by atoms with Gasteiger partial charge in [-0.3, -0.25) is 4.79 Å². The highest BCUT2D eigenvalue weighted by atomic mass is 16.5. The van der Waals surface area contributed by atoms with Crippen molar-refractivity contribution < 1.29 is 14.6 Å². The van der Waals surface area contributed by atoms with Gasteiger partial charge in [0, 0.05) is 6.54 Å². The van der Waals surface area contributed by atoms with Gasteiger partial charge in [-0.2, -0.15) is 0 Å². The third-order valence-electron chi connectivity index (χ3n) is 3.17. The van der Waals surface area contributed by atoms with Crippen LogP contribution in [0.1, 0.15) is 24.5 Å². The van der Waals surface area contributed by atoms with Gasteiger partial charge in [0.15, 0.2) is 0 Å². The Labute approximate surface area is 108 Å². The summed E-state index contributed by atoms with van der Waals surface area (Å²) in [5.74, 6) is -0.408. The van der Waals surface area contributed by atoms with Crippen LogP contribution in [0.2, 0.25) is 0 Å². The van der Waals surface area contributed by atoms with Crippen molar-refractivity contribution in [2.45, 2.75) is 31.8 Å². The van der Waals surface area contributed by atoms with Crippen LogP contribution in [0.25, 0.3) is 0 Å². The van der Waals surface area contributed by atoms with Crippen molar-refractivity contribution in [1.82, 2.24) is 0 Å². The number of hydrogen-bond donors (Lipinski definition) is 2. The Balaban J connectivity index is 3.24. The number of aliphatic hydroxyl groups excluding tert-OH is 1. The van der Waals surface area contributed by atoms with Crippen molar-refractivity contribution in [3.05, 3.63) is 35.4 Å². The molecule has 18 heavy (non-hydrogen) atoms. The first-order valence-electron chi connectivity index (χ1n) is 6.00. The molecule has 0 spiro atoms. The van der Waals surface area contributed by atoms with Crippen LogP contribution < -0.4 is 5.73 Å². The fourth-order valence-corrected chi connectivity index (χ4v) is 2.18. The first-order chi connectivity index (χ1) is 8.46. The van der Waals surface area contributed by atoms with Crippen LogP contribution in [-0.4, -0.2) is 30.8 Å². The van der Waals surface area contributed by atoms with E-state index in [2.05, 4.69) is 0 Å². The van der Waals surface area contributed by atoms with Crippen LogP contribution in [0, 0.1) is 6.92 Å². The Morgan fingerprint density at radius 1 is 1.44 bits per heavy atom. The topological polar surface area (TPSA) is 72.5 Å². The molecule has 1 aromatic carbocycles. The van der Waals surface area contributed by atoms with Gasteiger partial charge in [-0.1, -0.05) is 29.8 Å². The lowest BCUT2D eigenvalue weighted by Gasteiger charge is -2.31. The molecule has 1 aromatic rings. The van der Waals surface area contributed by atoms with E-state index in [1.165, 1.54) is 7.11 Å². The summed E-state index contributed by atoms with van der Waals surface area (Å²) < 4.78 is 4.86. The van der Waals surface area contributed by atoms with E-state index in [9.17, 15) is 9.90 Å². The standard InChI is InChI=1S/C14H21NO3/c1-10-4-6-12(7-5-10)14(9-15,8-11(2)16)13(17)18-3/h4-7,11,16H,8-9,15H2,1-3H3. The lowest BCUT2D eigenvalue weighted by atomic mass is 9.76. The Hall–Kier alpha value is -1.39. The second-order valence-corrected chi connectivity index (χ2v) is 4.70. The average molecular weight is 251 g/mol.